The summed E-state index contributed by atoms with van der Waals surface area (Å²) in [5.74, 6) is 0.553. The Hall–Kier alpha value is -3.69. The zero-order valence-electron chi connectivity index (χ0n) is 19.1. The number of anilines is 1. The minimum Gasteiger partial charge on any atom is -0.481 e. The number of thioether (sulfide) groups is 2. The monoisotopic (exact) mass is 565 g/mol. The summed E-state index contributed by atoms with van der Waals surface area (Å²) in [6.45, 7) is 0.100. The van der Waals surface area contributed by atoms with Gasteiger partial charge >= 0.3 is 5.97 Å². The summed E-state index contributed by atoms with van der Waals surface area (Å²) in [5.41, 5.74) is -1.28. The first-order valence-corrected chi connectivity index (χ1v) is 13.3. The summed E-state index contributed by atoms with van der Waals surface area (Å²) in [4.78, 5) is 59.0. The average Bonchev–Trinajstić information content (AvgIpc) is 3.54. The molecule has 18 heteroatoms. The third-order valence-corrected chi connectivity index (χ3v) is 9.04. The van der Waals surface area contributed by atoms with E-state index in [1.165, 1.54) is 33.8 Å². The quantitative estimate of drug-likeness (QED) is 0.0748. The van der Waals surface area contributed by atoms with E-state index >= 15 is 0 Å². The van der Waals surface area contributed by atoms with Crippen molar-refractivity contribution in [3.63, 3.8) is 0 Å². The van der Waals surface area contributed by atoms with E-state index in [9.17, 15) is 24.3 Å². The number of aromatic nitrogens is 5. The Labute approximate surface area is 221 Å². The number of fused-ring (bicyclic) bond motifs is 1. The number of nitrogens with zero attached hydrogens (tertiary/aromatic N) is 7. The molecule has 2 aliphatic rings. The first kappa shape index (κ1) is 26.4. The van der Waals surface area contributed by atoms with Crippen LogP contribution >= 0.6 is 34.9 Å². The van der Waals surface area contributed by atoms with Gasteiger partial charge in [0.1, 0.15) is 36.2 Å². The SMILES string of the molecule is C#CCn1nnnc1SCC1(C(=O)O)CS[C@@H]2C(NC(=O)C(=NOC)c3csc(NC=O)n3)C(=O)N2C1. The molecule has 2 unspecified atom stereocenters. The molecule has 2 aromatic rings. The molecule has 2 saturated heterocycles. The second kappa shape index (κ2) is 11.1. The van der Waals surface area contributed by atoms with Gasteiger partial charge < -0.3 is 25.5 Å². The van der Waals surface area contributed by atoms with E-state index in [2.05, 4.69) is 42.2 Å². The van der Waals surface area contributed by atoms with Gasteiger partial charge in [-0.1, -0.05) is 22.8 Å². The third-order valence-electron chi connectivity index (χ3n) is 5.43. The number of hydrogen-bond acceptors (Lipinski definition) is 13. The molecule has 2 fully saturated rings. The predicted molar refractivity (Wildman–Crippen MR) is 133 cm³/mol. The van der Waals surface area contributed by atoms with Crippen LogP contribution in [0.15, 0.2) is 15.7 Å². The molecular formula is C19H19N9O6S3. The Kier molecular flexibility index (Phi) is 7.94. The number of carboxylic acids is 1. The summed E-state index contributed by atoms with van der Waals surface area (Å²) in [7, 11) is 1.26. The van der Waals surface area contributed by atoms with Gasteiger partial charge in [-0.15, -0.1) is 34.6 Å². The number of oxime groups is 1. The normalized spacial score (nSPS) is 22.9. The van der Waals surface area contributed by atoms with Gasteiger partial charge in [0.25, 0.3) is 5.91 Å². The number of rotatable bonds is 11. The highest BCUT2D eigenvalue weighted by Gasteiger charge is 2.57. The molecule has 15 nitrogen and oxygen atoms in total. The van der Waals surface area contributed by atoms with E-state index in [0.29, 0.717) is 11.6 Å². The van der Waals surface area contributed by atoms with Gasteiger partial charge in [-0.05, 0) is 10.4 Å². The van der Waals surface area contributed by atoms with Crippen LogP contribution in [0.2, 0.25) is 0 Å². The highest BCUT2D eigenvalue weighted by Crippen LogP contribution is 2.44. The highest BCUT2D eigenvalue weighted by molar-refractivity contribution is 8.00. The fourth-order valence-electron chi connectivity index (χ4n) is 3.60. The van der Waals surface area contributed by atoms with E-state index in [1.54, 1.807) is 0 Å². The fourth-order valence-corrected chi connectivity index (χ4v) is 6.99. The number of β-lactam (4-membered cyclic amide) rings is 1. The van der Waals surface area contributed by atoms with Gasteiger partial charge in [0.05, 0.1) is 0 Å². The highest BCUT2D eigenvalue weighted by atomic mass is 32.2. The van der Waals surface area contributed by atoms with E-state index in [1.807, 2.05) is 0 Å². The molecule has 2 aliphatic heterocycles. The first-order chi connectivity index (χ1) is 17.8. The summed E-state index contributed by atoms with van der Waals surface area (Å²) >= 11 is 3.49. The molecule has 3 N–H and O–H groups in total. The van der Waals surface area contributed by atoms with Crippen molar-refractivity contribution in [1.29, 1.82) is 0 Å². The van der Waals surface area contributed by atoms with E-state index in [4.69, 9.17) is 11.3 Å². The largest absolute Gasteiger partial charge is 0.481 e. The number of carbonyl (C=O) groups excluding carboxylic acids is 3. The number of thiazole rings is 1. The van der Waals surface area contributed by atoms with Crippen LogP contribution in [0.4, 0.5) is 5.13 Å². The van der Waals surface area contributed by atoms with Gasteiger partial charge in [-0.3, -0.25) is 19.2 Å². The number of amides is 3. The lowest BCUT2D eigenvalue weighted by molar-refractivity contribution is -0.157. The van der Waals surface area contributed by atoms with Crippen LogP contribution in [-0.4, -0.2) is 102 Å². The molecule has 3 atom stereocenters. The Bertz CT molecular complexity index is 1290. The number of tetrazole rings is 1. The molecule has 0 aliphatic carbocycles. The maximum absolute atomic E-state index is 12.9. The Morgan fingerprint density at radius 3 is 3.03 bits per heavy atom. The molecule has 0 spiro atoms. The van der Waals surface area contributed by atoms with Crippen LogP contribution in [0.5, 0.6) is 0 Å². The molecule has 0 bridgehead atoms. The van der Waals surface area contributed by atoms with Crippen molar-refractivity contribution >= 4 is 69.9 Å². The molecule has 0 radical (unpaired) electrons. The maximum atomic E-state index is 12.9. The number of carbonyl (C=O) groups is 4. The van der Waals surface area contributed by atoms with Crippen molar-refractivity contribution in [3.05, 3.63) is 11.1 Å². The minimum atomic E-state index is -1.26. The van der Waals surface area contributed by atoms with Crippen molar-refractivity contribution in [2.24, 2.45) is 10.6 Å². The topological polar surface area (TPSA) is 194 Å². The van der Waals surface area contributed by atoms with Crippen LogP contribution < -0.4 is 10.6 Å². The molecule has 2 aromatic heterocycles. The molecule has 4 rings (SSSR count). The lowest BCUT2D eigenvalue weighted by atomic mass is 9.89. The number of carboxylic acid groups (broad SMARTS) is 1. The van der Waals surface area contributed by atoms with Gasteiger partial charge in [0.2, 0.25) is 17.5 Å². The first-order valence-electron chi connectivity index (χ1n) is 10.4. The van der Waals surface area contributed by atoms with Crippen LogP contribution in [0, 0.1) is 17.8 Å². The van der Waals surface area contributed by atoms with E-state index in [-0.39, 0.29) is 41.1 Å². The standard InChI is InChI=1S/C19H19N9O6S3/c1-3-4-28-18(23-25-26-28)37-8-19(16(32)33)6-27-14(31)12(15(27)36-7-19)22-13(30)11(24-34-2)10-5-35-17(21-10)20-9-29/h1,5,9,12,15H,4,6-8H2,2H3,(H,22,30)(H,32,33)(H,20,21,29)/t12?,15-,19?/m1/s1. The van der Waals surface area contributed by atoms with Gasteiger partial charge in [-0.2, -0.15) is 0 Å². The van der Waals surface area contributed by atoms with Crippen LogP contribution in [-0.2, 0) is 30.6 Å². The third kappa shape index (κ3) is 5.23. The molecule has 4 heterocycles. The Morgan fingerprint density at radius 2 is 2.32 bits per heavy atom. The summed E-state index contributed by atoms with van der Waals surface area (Å²) in [5, 5.41) is 31.7. The summed E-state index contributed by atoms with van der Waals surface area (Å²) in [6, 6.07) is -0.881. The second-order valence-electron chi connectivity index (χ2n) is 7.74. The summed E-state index contributed by atoms with van der Waals surface area (Å²) < 4.78 is 1.39. The van der Waals surface area contributed by atoms with Crippen molar-refractivity contribution < 1.29 is 29.1 Å². The van der Waals surface area contributed by atoms with E-state index in [0.717, 1.165) is 23.1 Å². The minimum absolute atomic E-state index is 0.0409. The zero-order valence-corrected chi connectivity index (χ0v) is 21.5. The Morgan fingerprint density at radius 1 is 1.51 bits per heavy atom. The molecule has 194 valence electrons. The molecule has 3 amide bonds. The zero-order chi connectivity index (χ0) is 26.6. The van der Waals surface area contributed by atoms with Crippen molar-refractivity contribution in [1.82, 2.24) is 35.4 Å². The van der Waals surface area contributed by atoms with Crippen molar-refractivity contribution in [2.75, 3.05) is 30.5 Å². The molecule has 0 aromatic carbocycles. The van der Waals surface area contributed by atoms with Crippen LogP contribution in [0.1, 0.15) is 5.69 Å². The van der Waals surface area contributed by atoms with Gasteiger partial charge in [0.15, 0.2) is 10.8 Å². The number of terminal acetylenes is 1. The van der Waals surface area contributed by atoms with Crippen LogP contribution in [0.25, 0.3) is 0 Å². The molecular weight excluding hydrogens is 546 g/mol. The summed E-state index contributed by atoms with van der Waals surface area (Å²) in [6.07, 6.45) is 5.76. The van der Waals surface area contributed by atoms with E-state index < -0.39 is 34.6 Å². The predicted octanol–water partition coefficient (Wildman–Crippen LogP) is -1.06. The molecule has 0 saturated carbocycles. The second-order valence-corrected chi connectivity index (χ2v) is 10.6. The smallest absolute Gasteiger partial charge is 0.313 e. The van der Waals surface area contributed by atoms with Gasteiger partial charge in [-0.25, -0.2) is 9.67 Å². The lowest BCUT2D eigenvalue weighted by Crippen LogP contribution is -2.74. The number of aliphatic carboxylic acids is 1. The van der Waals surface area contributed by atoms with Crippen LogP contribution in [0.3, 0.4) is 0 Å². The number of nitrogens with one attached hydrogen (secondary N) is 2. The fraction of sp³-hybridized carbons (Fsp3) is 0.421. The van der Waals surface area contributed by atoms with Gasteiger partial charge in [0, 0.05) is 23.4 Å². The molecule has 37 heavy (non-hydrogen) atoms. The maximum Gasteiger partial charge on any atom is 0.313 e. The van der Waals surface area contributed by atoms with Crippen molar-refractivity contribution in [2.45, 2.75) is 23.1 Å². The Balaban J connectivity index is 1.42. The lowest BCUT2D eigenvalue weighted by Gasteiger charge is -2.53. The average molecular weight is 566 g/mol. The number of hydrogen-bond donors (Lipinski definition) is 3. The van der Waals surface area contributed by atoms with Crippen molar-refractivity contribution in [3.8, 4) is 12.3 Å².